The Morgan fingerprint density at radius 1 is 1.29 bits per heavy atom. The first-order chi connectivity index (χ1) is 11.4. The van der Waals surface area contributed by atoms with Gasteiger partial charge in [-0.15, -0.1) is 0 Å². The van der Waals surface area contributed by atoms with Crippen molar-refractivity contribution in [2.24, 2.45) is 5.41 Å². The first-order valence-corrected chi connectivity index (χ1v) is 8.53. The van der Waals surface area contributed by atoms with Gasteiger partial charge in [0, 0.05) is 5.69 Å². The molecule has 2 aliphatic carbocycles. The van der Waals surface area contributed by atoms with Gasteiger partial charge >= 0.3 is 0 Å². The van der Waals surface area contributed by atoms with Crippen molar-refractivity contribution in [2.75, 3.05) is 0 Å². The molecule has 126 valence electrons. The van der Waals surface area contributed by atoms with Gasteiger partial charge in [-0.25, -0.2) is 4.39 Å². The lowest BCUT2D eigenvalue weighted by Gasteiger charge is -2.20. The third-order valence-electron chi connectivity index (χ3n) is 5.77. The highest BCUT2D eigenvalue weighted by molar-refractivity contribution is 5.93. The van der Waals surface area contributed by atoms with Gasteiger partial charge in [-0.2, -0.15) is 5.10 Å². The molecule has 1 heterocycles. The molecular formula is C19H22FN3O. The first-order valence-electron chi connectivity index (χ1n) is 8.53. The van der Waals surface area contributed by atoms with Gasteiger partial charge in [-0.3, -0.25) is 9.89 Å². The third-order valence-corrected chi connectivity index (χ3v) is 5.77. The maximum atomic E-state index is 13.2. The number of halogens is 1. The third kappa shape index (κ3) is 2.18. The zero-order valence-electron chi connectivity index (χ0n) is 14.1. The largest absolute Gasteiger partial charge is 0.350 e. The van der Waals surface area contributed by atoms with Gasteiger partial charge in [-0.05, 0) is 54.4 Å². The molecule has 0 spiro atoms. The summed E-state index contributed by atoms with van der Waals surface area (Å²) in [5.74, 6) is -0.270. The molecule has 0 bridgehead atoms. The molecule has 4 nitrogen and oxygen atoms in total. The number of aromatic nitrogens is 2. The molecule has 1 saturated carbocycles. The normalized spacial score (nSPS) is 23.8. The van der Waals surface area contributed by atoms with Crippen molar-refractivity contribution < 1.29 is 9.18 Å². The van der Waals surface area contributed by atoms with Gasteiger partial charge in [0.25, 0.3) is 0 Å². The number of rotatable bonds is 4. The van der Waals surface area contributed by atoms with E-state index in [1.54, 1.807) is 12.1 Å². The van der Waals surface area contributed by atoms with Crippen molar-refractivity contribution in [3.05, 3.63) is 52.6 Å². The van der Waals surface area contributed by atoms with E-state index in [0.717, 1.165) is 36.9 Å². The Hall–Kier alpha value is -2.17. The molecule has 4 rings (SSSR count). The van der Waals surface area contributed by atoms with Crippen molar-refractivity contribution >= 4 is 5.91 Å². The maximum absolute atomic E-state index is 13.2. The second kappa shape index (κ2) is 5.16. The Bertz CT molecular complexity index is 793. The number of benzene rings is 1. The van der Waals surface area contributed by atoms with E-state index in [1.165, 1.54) is 23.4 Å². The van der Waals surface area contributed by atoms with Crippen molar-refractivity contribution in [3.63, 3.8) is 0 Å². The number of aromatic amines is 1. The average molecular weight is 327 g/mol. The second-order valence-electron chi connectivity index (χ2n) is 7.64. The number of carbonyl (C=O) groups excluding carboxylic acids is 1. The van der Waals surface area contributed by atoms with Gasteiger partial charge < -0.3 is 5.32 Å². The van der Waals surface area contributed by atoms with Gasteiger partial charge in [0.05, 0.1) is 17.7 Å². The molecule has 2 aromatic rings. The molecule has 5 heteroatoms. The molecule has 0 saturated heterocycles. The predicted molar refractivity (Wildman–Crippen MR) is 88.9 cm³/mol. The fourth-order valence-electron chi connectivity index (χ4n) is 4.21. The predicted octanol–water partition coefficient (Wildman–Crippen LogP) is 3.02. The lowest BCUT2D eigenvalue weighted by atomic mass is 9.87. The molecular weight excluding hydrogens is 305 g/mol. The van der Waals surface area contributed by atoms with Gasteiger partial charge in [0.1, 0.15) is 5.82 Å². The van der Waals surface area contributed by atoms with Crippen LogP contribution >= 0.6 is 0 Å². The molecule has 24 heavy (non-hydrogen) atoms. The molecule has 1 atom stereocenters. The molecule has 2 N–H and O–H groups in total. The lowest BCUT2D eigenvalue weighted by molar-refractivity contribution is -0.124. The maximum Gasteiger partial charge on any atom is 0.231 e. The number of nitrogens with one attached hydrogen (secondary N) is 2. The Balaban J connectivity index is 1.54. The van der Waals surface area contributed by atoms with Gasteiger partial charge in [-0.1, -0.05) is 26.0 Å². The summed E-state index contributed by atoms with van der Waals surface area (Å²) < 4.78 is 13.2. The molecule has 0 radical (unpaired) electrons. The minimum absolute atomic E-state index is 0.00820. The summed E-state index contributed by atoms with van der Waals surface area (Å²) in [6, 6.07) is 6.32. The lowest BCUT2D eigenvalue weighted by Crippen LogP contribution is -2.37. The molecule has 1 aromatic carbocycles. The minimum atomic E-state index is -0.569. The number of hydrogen-bond acceptors (Lipinski definition) is 2. The quantitative estimate of drug-likeness (QED) is 0.907. The van der Waals surface area contributed by atoms with Gasteiger partial charge in [0.2, 0.25) is 5.91 Å². The average Bonchev–Trinajstić information content (AvgIpc) is 2.90. The smallest absolute Gasteiger partial charge is 0.231 e. The highest BCUT2D eigenvalue weighted by atomic mass is 19.1. The summed E-state index contributed by atoms with van der Waals surface area (Å²) in [4.78, 5) is 13.0. The number of hydrogen-bond donors (Lipinski definition) is 2. The van der Waals surface area contributed by atoms with E-state index in [9.17, 15) is 9.18 Å². The fourth-order valence-corrected chi connectivity index (χ4v) is 4.21. The van der Waals surface area contributed by atoms with Crippen LogP contribution in [0.3, 0.4) is 0 Å². The minimum Gasteiger partial charge on any atom is -0.350 e. The van der Waals surface area contributed by atoms with Crippen molar-refractivity contribution in [1.29, 1.82) is 0 Å². The first kappa shape index (κ1) is 15.4. The summed E-state index contributed by atoms with van der Waals surface area (Å²) >= 11 is 0. The summed E-state index contributed by atoms with van der Waals surface area (Å²) in [7, 11) is 0. The molecule has 1 fully saturated rings. The Labute approximate surface area is 140 Å². The SMILES string of the molecule is CC1(C)C[C@]1(C(=O)NCc1n[nH]c2c1CCC2)c1ccc(F)cc1. The van der Waals surface area contributed by atoms with Crippen LogP contribution in [0, 0.1) is 11.2 Å². The van der Waals surface area contributed by atoms with Crippen LogP contribution in [-0.2, 0) is 29.6 Å². The summed E-state index contributed by atoms with van der Waals surface area (Å²) in [5, 5.41) is 10.5. The molecule has 0 aliphatic heterocycles. The summed E-state index contributed by atoms with van der Waals surface area (Å²) in [5.41, 5.74) is 3.62. The number of amides is 1. The monoisotopic (exact) mass is 327 g/mol. The van der Waals surface area contributed by atoms with Crippen LogP contribution in [0.2, 0.25) is 0 Å². The number of fused-ring (bicyclic) bond motifs is 1. The van der Waals surface area contributed by atoms with Crippen LogP contribution in [0.5, 0.6) is 0 Å². The van der Waals surface area contributed by atoms with Crippen LogP contribution in [0.4, 0.5) is 4.39 Å². The fraction of sp³-hybridized carbons (Fsp3) is 0.474. The van der Waals surface area contributed by atoms with Crippen LogP contribution < -0.4 is 5.32 Å². The van der Waals surface area contributed by atoms with E-state index >= 15 is 0 Å². The zero-order chi connectivity index (χ0) is 16.9. The standard InChI is InChI=1S/C19H22FN3O/c1-18(2)11-19(18,12-6-8-13(20)9-7-12)17(24)21-10-16-14-4-3-5-15(14)22-23-16/h6-9H,3-5,10-11H2,1-2H3,(H,21,24)(H,22,23)/t19-/m1/s1. The zero-order valence-corrected chi connectivity index (χ0v) is 14.1. The molecule has 0 unspecified atom stereocenters. The topological polar surface area (TPSA) is 57.8 Å². The van der Waals surface area contributed by atoms with Gasteiger partial charge in [0.15, 0.2) is 0 Å². The van der Waals surface area contributed by atoms with E-state index in [-0.39, 0.29) is 17.1 Å². The number of H-pyrrole nitrogens is 1. The molecule has 1 amide bonds. The number of carbonyl (C=O) groups is 1. The molecule has 1 aromatic heterocycles. The Kier molecular flexibility index (Phi) is 3.31. The van der Waals surface area contributed by atoms with E-state index in [1.807, 2.05) is 0 Å². The van der Waals surface area contributed by atoms with Crippen LogP contribution in [0.25, 0.3) is 0 Å². The highest BCUT2D eigenvalue weighted by Crippen LogP contribution is 2.64. The second-order valence-corrected chi connectivity index (χ2v) is 7.64. The van der Waals surface area contributed by atoms with Crippen molar-refractivity contribution in [2.45, 2.75) is 51.5 Å². The molecule has 2 aliphatic rings. The van der Waals surface area contributed by atoms with Crippen LogP contribution in [-0.4, -0.2) is 16.1 Å². The highest BCUT2D eigenvalue weighted by Gasteiger charge is 2.66. The summed E-state index contributed by atoms with van der Waals surface area (Å²) in [6.07, 6.45) is 4.00. The van der Waals surface area contributed by atoms with Crippen molar-refractivity contribution in [1.82, 2.24) is 15.5 Å². The number of nitrogens with zero attached hydrogens (tertiary/aromatic N) is 1. The van der Waals surface area contributed by atoms with Crippen LogP contribution in [0.1, 0.15) is 49.2 Å². The van der Waals surface area contributed by atoms with E-state index in [0.29, 0.717) is 6.54 Å². The van der Waals surface area contributed by atoms with E-state index in [4.69, 9.17) is 0 Å². The van der Waals surface area contributed by atoms with Crippen LogP contribution in [0.15, 0.2) is 24.3 Å². The number of aryl methyl sites for hydroxylation is 1. The Morgan fingerprint density at radius 2 is 2.00 bits per heavy atom. The van der Waals surface area contributed by atoms with Crippen molar-refractivity contribution in [3.8, 4) is 0 Å². The van der Waals surface area contributed by atoms with E-state index < -0.39 is 5.41 Å². The Morgan fingerprint density at radius 3 is 2.67 bits per heavy atom. The summed E-state index contributed by atoms with van der Waals surface area (Å²) in [6.45, 7) is 4.62. The van der Waals surface area contributed by atoms with E-state index in [2.05, 4.69) is 29.4 Å².